The molecular formula is C23H26N4O5S. The van der Waals surface area contributed by atoms with Crippen LogP contribution in [0.5, 0.6) is 0 Å². The fraction of sp³-hybridized carbons (Fsp3) is 0.391. The SMILES string of the molecule is CC(=O)N[C@@H]1[C@H](OCc2ccccc2)[C@@H](N=[N+]=[N-])[C@H](Sc2ccccc2)O[C@@H]1COC(C)=O. The van der Waals surface area contributed by atoms with Crippen molar-refractivity contribution < 1.29 is 23.8 Å². The van der Waals surface area contributed by atoms with Gasteiger partial charge in [-0.2, -0.15) is 0 Å². The zero-order valence-corrected chi connectivity index (χ0v) is 19.2. The summed E-state index contributed by atoms with van der Waals surface area (Å²) in [6, 6.07) is 17.6. The summed E-state index contributed by atoms with van der Waals surface area (Å²) in [6.45, 7) is 2.84. The Hall–Kier alpha value is -3.04. The zero-order chi connectivity index (χ0) is 23.6. The fourth-order valence-electron chi connectivity index (χ4n) is 3.55. The van der Waals surface area contributed by atoms with Crippen molar-refractivity contribution in [3.8, 4) is 0 Å². The molecule has 33 heavy (non-hydrogen) atoms. The highest BCUT2D eigenvalue weighted by Gasteiger charge is 2.47. The third kappa shape index (κ3) is 7.23. The third-order valence-electron chi connectivity index (χ3n) is 4.97. The number of ether oxygens (including phenoxy) is 3. The molecule has 1 N–H and O–H groups in total. The first-order chi connectivity index (χ1) is 16.0. The van der Waals surface area contributed by atoms with Crippen molar-refractivity contribution in [1.82, 2.24) is 5.32 Å². The molecule has 0 saturated carbocycles. The number of benzene rings is 2. The first kappa shape index (κ1) is 24.6. The van der Waals surface area contributed by atoms with Gasteiger partial charge in [0.2, 0.25) is 5.91 Å². The second-order valence-electron chi connectivity index (χ2n) is 7.46. The van der Waals surface area contributed by atoms with E-state index in [1.807, 2.05) is 60.7 Å². The molecule has 1 aliphatic rings. The summed E-state index contributed by atoms with van der Waals surface area (Å²) in [5, 5.41) is 6.83. The highest BCUT2D eigenvalue weighted by atomic mass is 32.2. The Balaban J connectivity index is 1.93. The minimum Gasteiger partial charge on any atom is -0.463 e. The van der Waals surface area contributed by atoms with Gasteiger partial charge in [0.1, 0.15) is 24.2 Å². The Bertz CT molecular complexity index is 971. The second-order valence-corrected chi connectivity index (χ2v) is 8.63. The van der Waals surface area contributed by atoms with Crippen LogP contribution in [0.25, 0.3) is 10.4 Å². The molecule has 0 radical (unpaired) electrons. The van der Waals surface area contributed by atoms with Crippen LogP contribution in [0.2, 0.25) is 0 Å². The van der Waals surface area contributed by atoms with Crippen molar-refractivity contribution in [3.05, 3.63) is 76.7 Å². The van der Waals surface area contributed by atoms with Crippen molar-refractivity contribution >= 4 is 23.6 Å². The van der Waals surface area contributed by atoms with Crippen molar-refractivity contribution in [3.63, 3.8) is 0 Å². The Morgan fingerprint density at radius 2 is 1.79 bits per heavy atom. The quantitative estimate of drug-likeness (QED) is 0.257. The molecule has 1 amide bonds. The number of hydrogen-bond donors (Lipinski definition) is 1. The molecule has 174 valence electrons. The van der Waals surface area contributed by atoms with E-state index in [0.717, 1.165) is 10.5 Å². The molecule has 0 bridgehead atoms. The lowest BCUT2D eigenvalue weighted by Crippen LogP contribution is -2.64. The second kappa shape index (κ2) is 12.3. The molecular weight excluding hydrogens is 444 g/mol. The molecule has 3 rings (SSSR count). The van der Waals surface area contributed by atoms with Gasteiger partial charge in [0.05, 0.1) is 18.8 Å². The summed E-state index contributed by atoms with van der Waals surface area (Å²) in [4.78, 5) is 27.4. The minimum atomic E-state index is -0.755. The van der Waals surface area contributed by atoms with Crippen LogP contribution in [-0.2, 0) is 30.4 Å². The number of thioether (sulfide) groups is 1. The van der Waals surface area contributed by atoms with Gasteiger partial charge in [-0.1, -0.05) is 65.4 Å². The summed E-state index contributed by atoms with van der Waals surface area (Å²) < 4.78 is 17.7. The summed E-state index contributed by atoms with van der Waals surface area (Å²) >= 11 is 1.38. The van der Waals surface area contributed by atoms with Crippen molar-refractivity contribution in [2.24, 2.45) is 5.11 Å². The summed E-state index contributed by atoms with van der Waals surface area (Å²) in [6.07, 6.45) is -1.43. The van der Waals surface area contributed by atoms with Crippen molar-refractivity contribution in [1.29, 1.82) is 0 Å². The first-order valence-electron chi connectivity index (χ1n) is 10.5. The van der Waals surface area contributed by atoms with Crippen LogP contribution in [0.3, 0.4) is 0 Å². The molecule has 2 aromatic rings. The van der Waals surface area contributed by atoms with E-state index in [4.69, 9.17) is 14.2 Å². The number of amides is 1. The fourth-order valence-corrected chi connectivity index (χ4v) is 4.68. The standard InChI is InChI=1S/C23H26N4O5S/c1-15(28)25-20-19(14-30-16(2)29)32-23(33-18-11-7-4-8-12-18)21(26-27-24)22(20)31-13-17-9-5-3-6-10-17/h3-12,19-23H,13-14H2,1-2H3,(H,25,28)/t19-,20+,21-,22+,23+/m1/s1. The van der Waals surface area contributed by atoms with E-state index >= 15 is 0 Å². The van der Waals surface area contributed by atoms with Gasteiger partial charge in [-0.05, 0) is 23.2 Å². The molecule has 5 atom stereocenters. The maximum Gasteiger partial charge on any atom is 0.302 e. The van der Waals surface area contributed by atoms with Crippen LogP contribution in [0, 0.1) is 0 Å². The molecule has 0 unspecified atom stereocenters. The number of nitrogens with one attached hydrogen (secondary N) is 1. The van der Waals surface area contributed by atoms with Gasteiger partial charge in [0, 0.05) is 23.7 Å². The number of carbonyl (C=O) groups excluding carboxylic acids is 2. The number of hydrogen-bond acceptors (Lipinski definition) is 7. The number of carbonyl (C=O) groups is 2. The number of esters is 1. The molecule has 1 saturated heterocycles. The highest BCUT2D eigenvalue weighted by Crippen LogP contribution is 2.36. The van der Waals surface area contributed by atoms with Crippen molar-refractivity contribution in [2.75, 3.05) is 6.61 Å². The van der Waals surface area contributed by atoms with Gasteiger partial charge in [0.15, 0.2) is 0 Å². The lowest BCUT2D eigenvalue weighted by Gasteiger charge is -2.45. The molecule has 1 fully saturated rings. The Morgan fingerprint density at radius 1 is 1.12 bits per heavy atom. The van der Waals surface area contributed by atoms with E-state index in [0.29, 0.717) is 0 Å². The van der Waals surface area contributed by atoms with Gasteiger partial charge >= 0.3 is 5.97 Å². The normalized spacial score (nSPS) is 24.4. The lowest BCUT2D eigenvalue weighted by molar-refractivity contribution is -0.162. The summed E-state index contributed by atoms with van der Waals surface area (Å²) in [5.41, 5.74) is 9.59. The highest BCUT2D eigenvalue weighted by molar-refractivity contribution is 7.99. The van der Waals surface area contributed by atoms with Gasteiger partial charge in [-0.25, -0.2) is 0 Å². The number of nitrogens with zero attached hydrogens (tertiary/aromatic N) is 3. The van der Waals surface area contributed by atoms with E-state index in [-0.39, 0.29) is 19.1 Å². The Morgan fingerprint density at radius 3 is 2.39 bits per heavy atom. The monoisotopic (exact) mass is 470 g/mol. The topological polar surface area (TPSA) is 123 Å². The maximum absolute atomic E-state index is 12.0. The van der Waals surface area contributed by atoms with E-state index in [1.54, 1.807) is 0 Å². The average Bonchev–Trinajstić information content (AvgIpc) is 2.80. The van der Waals surface area contributed by atoms with E-state index < -0.39 is 35.7 Å². The van der Waals surface area contributed by atoms with E-state index in [1.165, 1.54) is 25.6 Å². The smallest absolute Gasteiger partial charge is 0.302 e. The molecule has 2 aromatic carbocycles. The van der Waals surface area contributed by atoms with Crippen LogP contribution in [-0.4, -0.2) is 48.2 Å². The van der Waals surface area contributed by atoms with E-state index in [2.05, 4.69) is 15.3 Å². The number of azide groups is 1. The molecule has 10 heteroatoms. The maximum atomic E-state index is 12.0. The summed E-state index contributed by atoms with van der Waals surface area (Å²) in [5.74, 6) is -0.773. The van der Waals surface area contributed by atoms with Gasteiger partial charge in [-0.15, -0.1) is 0 Å². The molecule has 0 aromatic heterocycles. The zero-order valence-electron chi connectivity index (χ0n) is 18.4. The molecule has 1 heterocycles. The Labute approximate surface area is 196 Å². The first-order valence-corrected chi connectivity index (χ1v) is 11.3. The average molecular weight is 471 g/mol. The number of rotatable bonds is 9. The van der Waals surface area contributed by atoms with Gasteiger partial charge in [-0.3, -0.25) is 9.59 Å². The molecule has 0 aliphatic carbocycles. The van der Waals surface area contributed by atoms with Crippen LogP contribution >= 0.6 is 11.8 Å². The van der Waals surface area contributed by atoms with E-state index in [9.17, 15) is 15.1 Å². The molecule has 1 aliphatic heterocycles. The molecule has 9 nitrogen and oxygen atoms in total. The van der Waals surface area contributed by atoms with Crippen molar-refractivity contribution in [2.45, 2.75) is 55.1 Å². The predicted octanol–water partition coefficient (Wildman–Crippen LogP) is 3.84. The lowest BCUT2D eigenvalue weighted by atomic mass is 9.95. The minimum absolute atomic E-state index is 0.0830. The van der Waals surface area contributed by atoms with Crippen LogP contribution in [0.15, 0.2) is 70.7 Å². The predicted molar refractivity (Wildman–Crippen MR) is 123 cm³/mol. The van der Waals surface area contributed by atoms with Gasteiger partial charge in [0.25, 0.3) is 0 Å². The van der Waals surface area contributed by atoms with Crippen LogP contribution < -0.4 is 5.32 Å². The third-order valence-corrected chi connectivity index (χ3v) is 6.13. The molecule has 0 spiro atoms. The van der Waals surface area contributed by atoms with Crippen LogP contribution in [0.4, 0.5) is 0 Å². The Kier molecular flexibility index (Phi) is 9.14. The van der Waals surface area contributed by atoms with Crippen LogP contribution in [0.1, 0.15) is 19.4 Å². The largest absolute Gasteiger partial charge is 0.463 e. The summed E-state index contributed by atoms with van der Waals surface area (Å²) in [7, 11) is 0. The van der Waals surface area contributed by atoms with Gasteiger partial charge < -0.3 is 19.5 Å².